The van der Waals surface area contributed by atoms with Gasteiger partial charge in [-0.2, -0.15) is 0 Å². The van der Waals surface area contributed by atoms with Crippen molar-refractivity contribution in [2.75, 3.05) is 20.2 Å². The zero-order valence-corrected chi connectivity index (χ0v) is 10.8. The van der Waals surface area contributed by atoms with Gasteiger partial charge in [0.2, 0.25) is 0 Å². The normalized spacial score (nSPS) is 22.5. The molecule has 15 heavy (non-hydrogen) atoms. The number of rotatable bonds is 4. The molecule has 2 atom stereocenters. The number of thiocarbonyl (C=S) groups is 1. The second-order valence-electron chi connectivity index (χ2n) is 4.19. The molecule has 1 saturated heterocycles. The summed E-state index contributed by atoms with van der Waals surface area (Å²) in [6.45, 7) is 6.10. The van der Waals surface area contributed by atoms with E-state index < -0.39 is 0 Å². The van der Waals surface area contributed by atoms with Crippen molar-refractivity contribution in [3.8, 4) is 0 Å². The molecular weight excluding hydrogens is 208 g/mol. The Hall–Kier alpha value is -0.350. The van der Waals surface area contributed by atoms with Gasteiger partial charge in [0.25, 0.3) is 0 Å². The Bertz CT molecular complexity index is 205. The first-order valence-electron chi connectivity index (χ1n) is 5.77. The first kappa shape index (κ1) is 12.7. The lowest BCUT2D eigenvalue weighted by Gasteiger charge is -2.27. The lowest BCUT2D eigenvalue weighted by atomic mass is 10.2. The average molecular weight is 230 g/mol. The molecule has 1 N–H and O–H groups in total. The Morgan fingerprint density at radius 3 is 2.93 bits per heavy atom. The predicted molar refractivity (Wildman–Crippen MR) is 67.1 cm³/mol. The van der Waals surface area contributed by atoms with Gasteiger partial charge in [-0.25, -0.2) is 0 Å². The maximum absolute atomic E-state index is 5.53. The molecule has 1 aliphatic rings. The van der Waals surface area contributed by atoms with E-state index in [1.807, 2.05) is 7.05 Å². The molecule has 1 rings (SSSR count). The topological polar surface area (TPSA) is 24.5 Å². The quantitative estimate of drug-likeness (QED) is 0.744. The Balaban J connectivity index is 2.22. The minimum absolute atomic E-state index is 0.355. The highest BCUT2D eigenvalue weighted by atomic mass is 32.1. The molecule has 0 aliphatic carbocycles. The number of ether oxygens (including phenoxy) is 1. The second-order valence-corrected chi connectivity index (χ2v) is 4.58. The van der Waals surface area contributed by atoms with E-state index in [2.05, 4.69) is 24.1 Å². The predicted octanol–water partition coefficient (Wildman–Crippen LogP) is 1.77. The molecule has 0 amide bonds. The van der Waals surface area contributed by atoms with Gasteiger partial charge in [0.1, 0.15) is 0 Å². The highest BCUT2D eigenvalue weighted by Crippen LogP contribution is 2.10. The molecular formula is C11H22N2OS. The van der Waals surface area contributed by atoms with Gasteiger partial charge < -0.3 is 15.0 Å². The van der Waals surface area contributed by atoms with Crippen molar-refractivity contribution in [2.45, 2.75) is 45.3 Å². The molecule has 1 aliphatic heterocycles. The maximum Gasteiger partial charge on any atom is 0.169 e. The fourth-order valence-corrected chi connectivity index (χ4v) is 1.87. The van der Waals surface area contributed by atoms with E-state index in [9.17, 15) is 0 Å². The number of hydrogen-bond donors (Lipinski definition) is 1. The second kappa shape index (κ2) is 6.28. The van der Waals surface area contributed by atoms with E-state index in [0.717, 1.165) is 31.1 Å². The average Bonchev–Trinajstić information content (AvgIpc) is 2.76. The van der Waals surface area contributed by atoms with Crippen molar-refractivity contribution < 1.29 is 4.74 Å². The van der Waals surface area contributed by atoms with Crippen molar-refractivity contribution in [3.63, 3.8) is 0 Å². The van der Waals surface area contributed by atoms with Crippen LogP contribution in [0.2, 0.25) is 0 Å². The van der Waals surface area contributed by atoms with E-state index in [4.69, 9.17) is 17.0 Å². The van der Waals surface area contributed by atoms with Gasteiger partial charge in [-0.1, -0.05) is 6.92 Å². The third-order valence-electron chi connectivity index (χ3n) is 3.08. The summed E-state index contributed by atoms with van der Waals surface area (Å²) in [5.74, 6) is 0. The standard InChI is InChI=1S/C11H22N2OS/c1-4-9(2)13(3)11(15)12-8-10-6-5-7-14-10/h9-10H,4-8H2,1-3H3,(H,12,15)/t9-,10+/m1/s1. The van der Waals surface area contributed by atoms with Gasteiger partial charge in [0, 0.05) is 26.2 Å². The number of nitrogens with one attached hydrogen (secondary N) is 1. The monoisotopic (exact) mass is 230 g/mol. The highest BCUT2D eigenvalue weighted by molar-refractivity contribution is 7.80. The zero-order valence-electron chi connectivity index (χ0n) is 9.95. The third kappa shape index (κ3) is 3.95. The van der Waals surface area contributed by atoms with Crippen LogP contribution in [0.3, 0.4) is 0 Å². The van der Waals surface area contributed by atoms with Crippen molar-refractivity contribution in [2.24, 2.45) is 0 Å². The molecule has 3 nitrogen and oxygen atoms in total. The summed E-state index contributed by atoms with van der Waals surface area (Å²) in [5, 5.41) is 4.11. The van der Waals surface area contributed by atoms with Crippen LogP contribution in [0, 0.1) is 0 Å². The molecule has 0 saturated carbocycles. The van der Waals surface area contributed by atoms with E-state index >= 15 is 0 Å². The first-order chi connectivity index (χ1) is 7.15. The fraction of sp³-hybridized carbons (Fsp3) is 0.909. The summed E-state index contributed by atoms with van der Waals surface area (Å²) in [4.78, 5) is 2.12. The molecule has 0 radical (unpaired) electrons. The summed E-state index contributed by atoms with van der Waals surface area (Å²) in [7, 11) is 2.04. The molecule has 0 aromatic rings. The summed E-state index contributed by atoms with van der Waals surface area (Å²) in [6, 6.07) is 0.495. The summed E-state index contributed by atoms with van der Waals surface area (Å²) < 4.78 is 5.53. The molecule has 0 unspecified atom stereocenters. The molecule has 1 fully saturated rings. The van der Waals surface area contributed by atoms with Crippen molar-refractivity contribution in [1.82, 2.24) is 10.2 Å². The molecule has 0 bridgehead atoms. The van der Waals surface area contributed by atoms with Crippen LogP contribution in [0.4, 0.5) is 0 Å². The SMILES string of the molecule is CC[C@@H](C)N(C)C(=S)NC[C@@H]1CCCO1. The van der Waals surface area contributed by atoms with Crippen LogP contribution < -0.4 is 5.32 Å². The zero-order chi connectivity index (χ0) is 11.3. The van der Waals surface area contributed by atoms with Gasteiger partial charge in [-0.15, -0.1) is 0 Å². The van der Waals surface area contributed by atoms with E-state index in [1.165, 1.54) is 6.42 Å². The fourth-order valence-electron chi connectivity index (χ4n) is 1.61. The van der Waals surface area contributed by atoms with Crippen LogP contribution in [-0.4, -0.2) is 42.4 Å². The van der Waals surface area contributed by atoms with Gasteiger partial charge in [0.05, 0.1) is 6.10 Å². The third-order valence-corrected chi connectivity index (χ3v) is 3.51. The van der Waals surface area contributed by atoms with Crippen LogP contribution in [0.15, 0.2) is 0 Å². The van der Waals surface area contributed by atoms with E-state index in [0.29, 0.717) is 12.1 Å². The largest absolute Gasteiger partial charge is 0.376 e. The van der Waals surface area contributed by atoms with Gasteiger partial charge in [0.15, 0.2) is 5.11 Å². The van der Waals surface area contributed by atoms with Crippen LogP contribution in [0.1, 0.15) is 33.1 Å². The van der Waals surface area contributed by atoms with Crippen molar-refractivity contribution in [3.05, 3.63) is 0 Å². The Morgan fingerprint density at radius 1 is 1.67 bits per heavy atom. The van der Waals surface area contributed by atoms with Gasteiger partial charge in [-0.05, 0) is 38.4 Å². The molecule has 0 aromatic carbocycles. The molecule has 0 aromatic heterocycles. The lowest BCUT2D eigenvalue weighted by Crippen LogP contribution is -2.44. The van der Waals surface area contributed by atoms with E-state index in [1.54, 1.807) is 0 Å². The van der Waals surface area contributed by atoms with Gasteiger partial charge in [-0.3, -0.25) is 0 Å². The van der Waals surface area contributed by atoms with Crippen LogP contribution in [-0.2, 0) is 4.74 Å². The molecule has 4 heteroatoms. The van der Waals surface area contributed by atoms with Crippen LogP contribution in [0.5, 0.6) is 0 Å². The van der Waals surface area contributed by atoms with Gasteiger partial charge >= 0.3 is 0 Å². The minimum atomic E-state index is 0.355. The van der Waals surface area contributed by atoms with Crippen molar-refractivity contribution in [1.29, 1.82) is 0 Å². The number of nitrogens with zero attached hydrogens (tertiary/aromatic N) is 1. The first-order valence-corrected chi connectivity index (χ1v) is 6.18. The van der Waals surface area contributed by atoms with Crippen molar-refractivity contribution >= 4 is 17.3 Å². The number of hydrogen-bond acceptors (Lipinski definition) is 2. The Morgan fingerprint density at radius 2 is 2.40 bits per heavy atom. The Labute approximate surface area is 98.2 Å². The summed E-state index contributed by atoms with van der Waals surface area (Å²) in [5.41, 5.74) is 0. The lowest BCUT2D eigenvalue weighted by molar-refractivity contribution is 0.113. The Kier molecular flexibility index (Phi) is 5.32. The molecule has 0 spiro atoms. The smallest absolute Gasteiger partial charge is 0.169 e. The highest BCUT2D eigenvalue weighted by Gasteiger charge is 2.17. The summed E-state index contributed by atoms with van der Waals surface area (Å²) >= 11 is 5.31. The van der Waals surface area contributed by atoms with Crippen LogP contribution >= 0.6 is 12.2 Å². The summed E-state index contributed by atoms with van der Waals surface area (Å²) in [6.07, 6.45) is 3.80. The minimum Gasteiger partial charge on any atom is -0.376 e. The molecule has 88 valence electrons. The molecule has 1 heterocycles. The van der Waals surface area contributed by atoms with E-state index in [-0.39, 0.29) is 0 Å². The maximum atomic E-state index is 5.53. The van der Waals surface area contributed by atoms with Crippen LogP contribution in [0.25, 0.3) is 0 Å².